The number of carbonyl (C=O) groups is 2. The number of amides is 1. The van der Waals surface area contributed by atoms with Gasteiger partial charge in [-0.05, 0) is 30.2 Å². The summed E-state index contributed by atoms with van der Waals surface area (Å²) in [5, 5.41) is 12.4. The highest BCUT2D eigenvalue weighted by atomic mass is 16.5. The highest BCUT2D eigenvalue weighted by Gasteiger charge is 2.35. The fraction of sp³-hybridized carbons (Fsp3) is 0.300. The molecule has 2 rings (SSSR count). The second-order valence-corrected chi connectivity index (χ2v) is 6.15. The van der Waals surface area contributed by atoms with Crippen molar-refractivity contribution in [3.63, 3.8) is 0 Å². The van der Waals surface area contributed by atoms with E-state index >= 15 is 0 Å². The molecule has 138 valence electrons. The van der Waals surface area contributed by atoms with Crippen molar-refractivity contribution in [2.45, 2.75) is 18.8 Å². The molecule has 2 N–H and O–H groups in total. The van der Waals surface area contributed by atoms with Gasteiger partial charge in [0.15, 0.2) is 11.5 Å². The highest BCUT2D eigenvalue weighted by Crippen LogP contribution is 2.28. The van der Waals surface area contributed by atoms with E-state index in [-0.39, 0.29) is 18.9 Å². The van der Waals surface area contributed by atoms with Crippen molar-refractivity contribution >= 4 is 11.9 Å². The summed E-state index contributed by atoms with van der Waals surface area (Å²) >= 11 is 0. The van der Waals surface area contributed by atoms with Crippen LogP contribution in [0.4, 0.5) is 0 Å². The molecule has 0 aliphatic rings. The molecule has 0 aliphatic carbocycles. The molecule has 2 aromatic rings. The van der Waals surface area contributed by atoms with Crippen molar-refractivity contribution in [3.8, 4) is 11.5 Å². The Balaban J connectivity index is 2.06. The first kappa shape index (κ1) is 19.3. The molecule has 26 heavy (non-hydrogen) atoms. The summed E-state index contributed by atoms with van der Waals surface area (Å²) in [5.74, 6) is -0.132. The predicted octanol–water partition coefficient (Wildman–Crippen LogP) is 2.41. The van der Waals surface area contributed by atoms with Crippen molar-refractivity contribution in [1.29, 1.82) is 0 Å². The number of carboxylic acids is 1. The topological polar surface area (TPSA) is 84.9 Å². The van der Waals surface area contributed by atoms with Gasteiger partial charge in [0.2, 0.25) is 5.91 Å². The molecule has 6 heteroatoms. The minimum atomic E-state index is -1.20. The molecule has 0 saturated carbocycles. The maximum atomic E-state index is 12.3. The lowest BCUT2D eigenvalue weighted by Gasteiger charge is -2.25. The van der Waals surface area contributed by atoms with Crippen LogP contribution in [0.2, 0.25) is 0 Å². The van der Waals surface area contributed by atoms with Gasteiger partial charge in [0.05, 0.1) is 20.6 Å². The van der Waals surface area contributed by atoms with Gasteiger partial charge in [-0.3, -0.25) is 9.59 Å². The van der Waals surface area contributed by atoms with E-state index in [2.05, 4.69) is 5.32 Å². The van der Waals surface area contributed by atoms with Gasteiger partial charge in [0.25, 0.3) is 0 Å². The normalized spacial score (nSPS) is 12.7. The Morgan fingerprint density at radius 2 is 1.69 bits per heavy atom. The second-order valence-electron chi connectivity index (χ2n) is 6.15. The summed E-state index contributed by atoms with van der Waals surface area (Å²) < 4.78 is 10.4. The van der Waals surface area contributed by atoms with Gasteiger partial charge in [-0.25, -0.2) is 0 Å². The van der Waals surface area contributed by atoms with Crippen LogP contribution in [0.5, 0.6) is 11.5 Å². The molecule has 0 fully saturated rings. The predicted molar refractivity (Wildman–Crippen MR) is 97.7 cm³/mol. The Bertz CT molecular complexity index is 775. The van der Waals surface area contributed by atoms with Crippen LogP contribution in [0.3, 0.4) is 0 Å². The highest BCUT2D eigenvalue weighted by molar-refractivity contribution is 5.84. The van der Waals surface area contributed by atoms with Crippen molar-refractivity contribution in [1.82, 2.24) is 5.32 Å². The van der Waals surface area contributed by atoms with Crippen LogP contribution >= 0.6 is 0 Å². The quantitative estimate of drug-likeness (QED) is 0.758. The monoisotopic (exact) mass is 357 g/mol. The maximum Gasteiger partial charge on any atom is 0.315 e. The molecule has 1 amide bonds. The summed E-state index contributed by atoms with van der Waals surface area (Å²) in [7, 11) is 3.07. The summed E-state index contributed by atoms with van der Waals surface area (Å²) in [6.45, 7) is 1.60. The first-order valence-corrected chi connectivity index (χ1v) is 8.17. The zero-order valence-corrected chi connectivity index (χ0v) is 15.1. The van der Waals surface area contributed by atoms with Crippen LogP contribution in [0.25, 0.3) is 0 Å². The van der Waals surface area contributed by atoms with E-state index in [4.69, 9.17) is 9.47 Å². The largest absolute Gasteiger partial charge is 0.493 e. The van der Waals surface area contributed by atoms with Gasteiger partial charge in [0.1, 0.15) is 5.41 Å². The molecule has 6 nitrogen and oxygen atoms in total. The fourth-order valence-corrected chi connectivity index (χ4v) is 2.62. The maximum absolute atomic E-state index is 12.3. The van der Waals surface area contributed by atoms with Crippen molar-refractivity contribution in [2.75, 3.05) is 20.8 Å². The summed E-state index contributed by atoms with van der Waals surface area (Å²) in [5.41, 5.74) is 0.185. The number of rotatable bonds is 8. The van der Waals surface area contributed by atoms with Crippen molar-refractivity contribution in [3.05, 3.63) is 59.7 Å². The number of carbonyl (C=O) groups excluding carboxylic acids is 1. The van der Waals surface area contributed by atoms with Gasteiger partial charge < -0.3 is 19.9 Å². The molecular weight excluding hydrogens is 334 g/mol. The van der Waals surface area contributed by atoms with E-state index in [1.807, 2.05) is 6.07 Å². The molecule has 0 radical (unpaired) electrons. The Hall–Kier alpha value is -3.02. The Morgan fingerprint density at radius 3 is 2.27 bits per heavy atom. The lowest BCUT2D eigenvalue weighted by Crippen LogP contribution is -2.44. The minimum absolute atomic E-state index is 0.00152. The van der Waals surface area contributed by atoms with E-state index in [9.17, 15) is 14.7 Å². The zero-order chi connectivity index (χ0) is 19.2. The summed E-state index contributed by atoms with van der Waals surface area (Å²) in [6.07, 6.45) is 0.116. The molecule has 0 saturated heterocycles. The number of ether oxygens (including phenoxy) is 2. The van der Waals surface area contributed by atoms with E-state index in [0.29, 0.717) is 17.1 Å². The van der Waals surface area contributed by atoms with E-state index < -0.39 is 11.4 Å². The standard InChI is InChI=1S/C20H23NO5/c1-20(19(23)24,15-7-5-4-6-8-15)13-21-18(22)12-14-9-10-16(25-2)17(11-14)26-3/h4-11H,12-13H2,1-3H3,(H,21,22)(H,23,24). The average molecular weight is 357 g/mol. The second kappa shape index (κ2) is 8.38. The molecule has 1 atom stereocenters. The number of benzene rings is 2. The van der Waals surface area contributed by atoms with Crippen molar-refractivity contribution < 1.29 is 24.2 Å². The van der Waals surface area contributed by atoms with E-state index in [0.717, 1.165) is 5.56 Å². The number of aliphatic carboxylic acids is 1. The van der Waals surface area contributed by atoms with Crippen LogP contribution in [0.15, 0.2) is 48.5 Å². The fourth-order valence-electron chi connectivity index (χ4n) is 2.62. The lowest BCUT2D eigenvalue weighted by molar-refractivity contribution is -0.143. The van der Waals surface area contributed by atoms with Gasteiger partial charge in [-0.2, -0.15) is 0 Å². The minimum Gasteiger partial charge on any atom is -0.493 e. The van der Waals surface area contributed by atoms with Gasteiger partial charge in [0, 0.05) is 6.54 Å². The summed E-state index contributed by atoms with van der Waals surface area (Å²) in [4.78, 5) is 24.1. The Labute approximate surface area is 152 Å². The van der Waals surface area contributed by atoms with Crippen LogP contribution in [-0.4, -0.2) is 37.7 Å². The number of hydrogen-bond acceptors (Lipinski definition) is 4. The van der Waals surface area contributed by atoms with E-state index in [1.165, 1.54) is 7.11 Å². The van der Waals surface area contributed by atoms with Crippen molar-refractivity contribution in [2.24, 2.45) is 0 Å². The molecule has 0 heterocycles. The van der Waals surface area contributed by atoms with Crippen LogP contribution in [0, 0.1) is 0 Å². The molecule has 2 aromatic carbocycles. The van der Waals surface area contributed by atoms with Gasteiger partial charge >= 0.3 is 5.97 Å². The number of carboxylic acid groups (broad SMARTS) is 1. The number of hydrogen-bond donors (Lipinski definition) is 2. The molecule has 0 spiro atoms. The SMILES string of the molecule is COc1ccc(CC(=O)NCC(C)(C(=O)O)c2ccccc2)cc1OC. The lowest BCUT2D eigenvalue weighted by atomic mass is 9.82. The number of nitrogens with one attached hydrogen (secondary N) is 1. The third-order valence-electron chi connectivity index (χ3n) is 4.33. The first-order chi connectivity index (χ1) is 12.4. The smallest absolute Gasteiger partial charge is 0.315 e. The van der Waals surface area contributed by atoms with Gasteiger partial charge in [-0.1, -0.05) is 36.4 Å². The average Bonchev–Trinajstić information content (AvgIpc) is 2.66. The Morgan fingerprint density at radius 1 is 1.04 bits per heavy atom. The molecular formula is C20H23NO5. The molecule has 0 bridgehead atoms. The molecule has 1 unspecified atom stereocenters. The molecule has 0 aromatic heterocycles. The van der Waals surface area contributed by atoms with Crippen LogP contribution in [0.1, 0.15) is 18.1 Å². The van der Waals surface area contributed by atoms with Crippen LogP contribution < -0.4 is 14.8 Å². The Kier molecular flexibility index (Phi) is 6.22. The number of methoxy groups -OCH3 is 2. The van der Waals surface area contributed by atoms with Gasteiger partial charge in [-0.15, -0.1) is 0 Å². The first-order valence-electron chi connectivity index (χ1n) is 8.17. The third kappa shape index (κ3) is 4.33. The third-order valence-corrected chi connectivity index (χ3v) is 4.33. The summed E-state index contributed by atoms with van der Waals surface area (Å²) in [6, 6.07) is 14.1. The zero-order valence-electron chi connectivity index (χ0n) is 15.1. The van der Waals surface area contributed by atoms with Crippen LogP contribution in [-0.2, 0) is 21.4 Å². The van der Waals surface area contributed by atoms with E-state index in [1.54, 1.807) is 56.5 Å². The molecule has 0 aliphatic heterocycles.